The van der Waals surface area contributed by atoms with Crippen molar-refractivity contribution < 1.29 is 14.6 Å². The zero-order chi connectivity index (χ0) is 24.6. The Kier molecular flexibility index (Phi) is 8.50. The van der Waals surface area contributed by atoms with E-state index in [2.05, 4.69) is 28.3 Å². The van der Waals surface area contributed by atoms with Crippen LogP contribution < -0.4 is 10.0 Å². The molecule has 1 N–H and O–H groups in total. The van der Waals surface area contributed by atoms with Crippen molar-refractivity contribution in [2.45, 2.75) is 45.4 Å². The van der Waals surface area contributed by atoms with E-state index >= 15 is 0 Å². The molecule has 0 radical (unpaired) electrons. The third kappa shape index (κ3) is 6.46. The molecule has 3 aromatic carbocycles. The topological polar surface area (TPSA) is 59.4 Å². The van der Waals surface area contributed by atoms with Crippen LogP contribution in [0.5, 0.6) is 5.75 Å². The summed E-state index contributed by atoms with van der Waals surface area (Å²) in [5, 5.41) is 11.3. The highest BCUT2D eigenvalue weighted by molar-refractivity contribution is 7.27. The molecule has 4 rings (SSSR count). The number of aromatic carboxylic acids is 1. The zero-order valence-corrected chi connectivity index (χ0v) is 21.3. The molecular formula is C30H32NO3P. The first-order chi connectivity index (χ1) is 17.0. The number of aromatic nitrogens is 1. The molecule has 0 amide bonds. The summed E-state index contributed by atoms with van der Waals surface area (Å²) >= 11 is 0. The Balaban J connectivity index is 1.43. The Labute approximate surface area is 209 Å². The Hall–Kier alpha value is -3.23. The molecule has 0 aliphatic heterocycles. The highest BCUT2D eigenvalue weighted by atomic mass is 31.0. The number of ether oxygens (including phenoxy) is 1. The van der Waals surface area contributed by atoms with Crippen LogP contribution >= 0.6 is 9.24 Å². The van der Waals surface area contributed by atoms with Crippen molar-refractivity contribution in [3.05, 3.63) is 78.4 Å². The molecule has 5 heteroatoms. The number of carboxylic acid groups (broad SMARTS) is 1. The third-order valence-electron chi connectivity index (χ3n) is 6.20. The van der Waals surface area contributed by atoms with Crippen LogP contribution in [0.4, 0.5) is 0 Å². The molecule has 1 aromatic heterocycles. The minimum absolute atomic E-state index is 0.259. The molecule has 0 fully saturated rings. The van der Waals surface area contributed by atoms with Crippen LogP contribution in [0.25, 0.3) is 33.3 Å². The minimum Gasteiger partial charge on any atom is -0.494 e. The SMILES string of the molecule is CCCCCCCCOc1ccc(-c2ccc(-c3cc(C(=O)O)c4cc(P)ccc4n3)cc2)cc1. The fourth-order valence-electron chi connectivity index (χ4n) is 4.22. The highest BCUT2D eigenvalue weighted by Gasteiger charge is 2.13. The van der Waals surface area contributed by atoms with Crippen LogP contribution in [-0.2, 0) is 0 Å². The van der Waals surface area contributed by atoms with Gasteiger partial charge in [0.05, 0.1) is 23.4 Å². The first kappa shape index (κ1) is 24.9. The van der Waals surface area contributed by atoms with Gasteiger partial charge in [-0.15, -0.1) is 9.24 Å². The minimum atomic E-state index is -0.954. The van der Waals surface area contributed by atoms with Crippen LogP contribution in [0.1, 0.15) is 55.8 Å². The normalized spacial score (nSPS) is 11.0. The fourth-order valence-corrected chi connectivity index (χ4v) is 4.48. The largest absolute Gasteiger partial charge is 0.494 e. The number of carboxylic acids is 1. The number of hydrogen-bond donors (Lipinski definition) is 1. The van der Waals surface area contributed by atoms with E-state index in [1.807, 2.05) is 54.6 Å². The molecule has 180 valence electrons. The fraction of sp³-hybridized carbons (Fsp3) is 0.267. The predicted molar refractivity (Wildman–Crippen MR) is 148 cm³/mol. The molecule has 0 bridgehead atoms. The summed E-state index contributed by atoms with van der Waals surface area (Å²) in [6.45, 7) is 3.00. The molecule has 1 atom stereocenters. The van der Waals surface area contributed by atoms with Crippen molar-refractivity contribution in [1.29, 1.82) is 0 Å². The van der Waals surface area contributed by atoms with Gasteiger partial charge in [0.25, 0.3) is 0 Å². The second-order valence-electron chi connectivity index (χ2n) is 8.85. The summed E-state index contributed by atoms with van der Waals surface area (Å²) in [7, 11) is 2.60. The molecule has 1 heterocycles. The number of fused-ring (bicyclic) bond motifs is 1. The molecule has 0 spiro atoms. The molecule has 0 aliphatic rings. The maximum absolute atomic E-state index is 11.9. The van der Waals surface area contributed by atoms with Gasteiger partial charge in [-0.2, -0.15) is 0 Å². The van der Waals surface area contributed by atoms with E-state index in [4.69, 9.17) is 9.72 Å². The second kappa shape index (κ2) is 12.0. The van der Waals surface area contributed by atoms with Crippen molar-refractivity contribution in [2.24, 2.45) is 0 Å². The first-order valence-corrected chi connectivity index (χ1v) is 12.9. The Morgan fingerprint density at radius 2 is 1.46 bits per heavy atom. The standard InChI is InChI=1S/C30H32NO3P/c1-2-3-4-5-6-7-18-34-24-14-12-22(13-15-24)21-8-10-23(11-9-21)29-20-27(30(32)33)26-19-25(35)16-17-28(26)31-29/h8-17,19-20H,2-7,18,35H2,1H3,(H,32,33). The number of carbonyl (C=O) groups is 1. The number of benzene rings is 3. The molecule has 0 saturated heterocycles. The summed E-state index contributed by atoms with van der Waals surface area (Å²) < 4.78 is 5.90. The molecule has 35 heavy (non-hydrogen) atoms. The van der Waals surface area contributed by atoms with E-state index in [-0.39, 0.29) is 5.56 Å². The number of rotatable bonds is 11. The summed E-state index contributed by atoms with van der Waals surface area (Å²) in [5.41, 5.74) is 4.65. The van der Waals surface area contributed by atoms with E-state index in [1.54, 1.807) is 6.07 Å². The Bertz CT molecular complexity index is 1280. The van der Waals surface area contributed by atoms with Crippen molar-refractivity contribution in [3.63, 3.8) is 0 Å². The predicted octanol–water partition coefficient (Wildman–Crippen LogP) is 7.51. The first-order valence-electron chi connectivity index (χ1n) is 12.3. The van der Waals surface area contributed by atoms with Gasteiger partial charge in [0.1, 0.15) is 5.75 Å². The lowest BCUT2D eigenvalue weighted by atomic mass is 10.0. The lowest BCUT2D eigenvalue weighted by Crippen LogP contribution is -2.02. The molecule has 0 aliphatic carbocycles. The summed E-state index contributed by atoms with van der Waals surface area (Å²) in [5.74, 6) is -0.0567. The van der Waals surface area contributed by atoms with E-state index in [0.717, 1.165) is 40.8 Å². The van der Waals surface area contributed by atoms with Crippen LogP contribution in [0.3, 0.4) is 0 Å². The van der Waals surface area contributed by atoms with Gasteiger partial charge >= 0.3 is 5.97 Å². The van der Waals surface area contributed by atoms with E-state index < -0.39 is 5.97 Å². The lowest BCUT2D eigenvalue weighted by molar-refractivity contribution is 0.0699. The van der Waals surface area contributed by atoms with Gasteiger partial charge in [0.2, 0.25) is 0 Å². The lowest BCUT2D eigenvalue weighted by Gasteiger charge is -2.10. The Morgan fingerprint density at radius 1 is 0.829 bits per heavy atom. The smallest absolute Gasteiger partial charge is 0.336 e. The molecule has 1 unspecified atom stereocenters. The van der Waals surface area contributed by atoms with Gasteiger partial charge in [0.15, 0.2) is 0 Å². The van der Waals surface area contributed by atoms with Crippen LogP contribution in [0.2, 0.25) is 0 Å². The Morgan fingerprint density at radius 3 is 2.14 bits per heavy atom. The van der Waals surface area contributed by atoms with E-state index in [1.165, 1.54) is 32.1 Å². The number of pyridine rings is 1. The maximum Gasteiger partial charge on any atom is 0.336 e. The quantitative estimate of drug-likeness (QED) is 0.176. The van der Waals surface area contributed by atoms with Crippen molar-refractivity contribution >= 4 is 31.4 Å². The number of nitrogens with zero attached hydrogens (tertiary/aromatic N) is 1. The average molecular weight is 486 g/mol. The van der Waals surface area contributed by atoms with Gasteiger partial charge in [0, 0.05) is 10.9 Å². The molecule has 4 nitrogen and oxygen atoms in total. The molecular weight excluding hydrogens is 453 g/mol. The number of unbranched alkanes of at least 4 members (excludes halogenated alkanes) is 5. The maximum atomic E-state index is 11.9. The van der Waals surface area contributed by atoms with Crippen molar-refractivity contribution in [3.8, 4) is 28.1 Å². The second-order valence-corrected chi connectivity index (χ2v) is 9.52. The van der Waals surface area contributed by atoms with Gasteiger partial charge in [-0.05, 0) is 53.2 Å². The van der Waals surface area contributed by atoms with Crippen LogP contribution in [0.15, 0.2) is 72.8 Å². The van der Waals surface area contributed by atoms with Crippen molar-refractivity contribution in [2.75, 3.05) is 6.61 Å². The zero-order valence-electron chi connectivity index (χ0n) is 20.2. The van der Waals surface area contributed by atoms with E-state index in [0.29, 0.717) is 16.6 Å². The van der Waals surface area contributed by atoms with Gasteiger partial charge in [-0.25, -0.2) is 9.78 Å². The van der Waals surface area contributed by atoms with Gasteiger partial charge < -0.3 is 9.84 Å². The van der Waals surface area contributed by atoms with Gasteiger partial charge in [-0.3, -0.25) is 0 Å². The molecule has 4 aromatic rings. The van der Waals surface area contributed by atoms with E-state index in [9.17, 15) is 9.90 Å². The summed E-state index contributed by atoms with van der Waals surface area (Å²) in [6.07, 6.45) is 7.53. The average Bonchev–Trinajstić information content (AvgIpc) is 2.88. The number of hydrogen-bond acceptors (Lipinski definition) is 3. The van der Waals surface area contributed by atoms with Crippen molar-refractivity contribution in [1.82, 2.24) is 4.98 Å². The monoisotopic (exact) mass is 485 g/mol. The summed E-state index contributed by atoms with van der Waals surface area (Å²) in [4.78, 5) is 16.6. The summed E-state index contributed by atoms with van der Waals surface area (Å²) in [6, 6.07) is 23.5. The van der Waals surface area contributed by atoms with Crippen LogP contribution in [0, 0.1) is 0 Å². The molecule has 0 saturated carbocycles. The van der Waals surface area contributed by atoms with Gasteiger partial charge in [-0.1, -0.05) is 81.5 Å². The van der Waals surface area contributed by atoms with Crippen LogP contribution in [-0.4, -0.2) is 22.7 Å². The third-order valence-corrected chi connectivity index (χ3v) is 6.56. The highest BCUT2D eigenvalue weighted by Crippen LogP contribution is 2.28.